The van der Waals surface area contributed by atoms with Crippen molar-refractivity contribution in [2.24, 2.45) is 0 Å². The van der Waals surface area contributed by atoms with Gasteiger partial charge in [-0.1, -0.05) is 50.1 Å². The number of aromatic nitrogens is 1. The fourth-order valence-corrected chi connectivity index (χ4v) is 4.96. The van der Waals surface area contributed by atoms with Gasteiger partial charge in [-0.3, -0.25) is 0 Å². The first kappa shape index (κ1) is 27.5. The van der Waals surface area contributed by atoms with Gasteiger partial charge in [0.05, 0.1) is 32.4 Å². The van der Waals surface area contributed by atoms with Gasteiger partial charge in [0.25, 0.3) is 0 Å². The fraction of sp³-hybridized carbons (Fsp3) is 0.346. The normalized spacial score (nSPS) is 11.4. The van der Waals surface area contributed by atoms with Crippen LogP contribution in [0.15, 0.2) is 64.1 Å². The molecule has 1 aromatic heterocycles. The van der Waals surface area contributed by atoms with E-state index in [1.165, 1.54) is 0 Å². The summed E-state index contributed by atoms with van der Waals surface area (Å²) >= 11 is 9.54. The molecule has 0 aliphatic heterocycles. The van der Waals surface area contributed by atoms with Crippen molar-refractivity contribution < 1.29 is 17.9 Å². The highest BCUT2D eigenvalue weighted by atomic mass is 79.9. The number of sulfone groups is 1. The first-order valence-electron chi connectivity index (χ1n) is 11.6. The third-order valence-corrected chi connectivity index (χ3v) is 7.82. The molecule has 6 nitrogen and oxygen atoms in total. The number of anilines is 2. The summed E-state index contributed by atoms with van der Waals surface area (Å²) in [7, 11) is -3.31. The highest BCUT2D eigenvalue weighted by Crippen LogP contribution is 2.35. The first-order valence-corrected chi connectivity index (χ1v) is 14.4. The fourth-order valence-electron chi connectivity index (χ4n) is 3.29. The number of benzene rings is 2. The summed E-state index contributed by atoms with van der Waals surface area (Å²) < 4.78 is 37.1. The number of halogens is 2. The van der Waals surface area contributed by atoms with E-state index in [2.05, 4.69) is 33.2 Å². The molecule has 0 saturated carbocycles. The minimum absolute atomic E-state index is 0.0501. The van der Waals surface area contributed by atoms with E-state index in [4.69, 9.17) is 21.1 Å². The standard InChI is InChI=1S/C26H30BrClN2O4S/c1-3-5-12-33-13-7-14-34-25-11-10-20(19-8-6-9-22(15-19)35(31,32)4-2)16-24(25)30-26-23(27)17-21(28)18-29-26/h6,8-11,15-18H,3-5,7,12-14H2,1-2H3,(H,29,30). The van der Waals surface area contributed by atoms with Gasteiger partial charge in [0.1, 0.15) is 11.6 Å². The van der Waals surface area contributed by atoms with Gasteiger partial charge in [-0.25, -0.2) is 13.4 Å². The van der Waals surface area contributed by atoms with Crippen LogP contribution in [0.1, 0.15) is 33.1 Å². The Kier molecular flexibility index (Phi) is 10.4. The summed E-state index contributed by atoms with van der Waals surface area (Å²) in [6.07, 6.45) is 4.50. The summed E-state index contributed by atoms with van der Waals surface area (Å²) in [5.41, 5.74) is 2.34. The van der Waals surface area contributed by atoms with Crippen LogP contribution in [0, 0.1) is 0 Å². The van der Waals surface area contributed by atoms with E-state index in [1.807, 2.05) is 24.3 Å². The Morgan fingerprint density at radius 3 is 2.51 bits per heavy atom. The molecule has 0 saturated heterocycles. The number of hydrogen-bond acceptors (Lipinski definition) is 6. The highest BCUT2D eigenvalue weighted by molar-refractivity contribution is 9.10. The number of ether oxygens (including phenoxy) is 2. The maximum Gasteiger partial charge on any atom is 0.178 e. The molecule has 188 valence electrons. The highest BCUT2D eigenvalue weighted by Gasteiger charge is 2.14. The molecule has 0 fully saturated rings. The van der Waals surface area contributed by atoms with E-state index in [1.54, 1.807) is 37.4 Å². The van der Waals surface area contributed by atoms with E-state index in [9.17, 15) is 8.42 Å². The molecule has 0 bridgehead atoms. The lowest BCUT2D eigenvalue weighted by atomic mass is 10.0. The van der Waals surface area contributed by atoms with Crippen LogP contribution in [-0.4, -0.2) is 39.0 Å². The number of pyridine rings is 1. The quantitative estimate of drug-likeness (QED) is 0.214. The average molecular weight is 582 g/mol. The van der Waals surface area contributed by atoms with E-state index in [-0.39, 0.29) is 5.75 Å². The first-order chi connectivity index (χ1) is 16.8. The SMILES string of the molecule is CCCCOCCCOc1ccc(-c2cccc(S(=O)(=O)CC)c2)cc1Nc1ncc(Cl)cc1Br. The molecule has 2 aromatic carbocycles. The Morgan fingerprint density at radius 1 is 1.00 bits per heavy atom. The van der Waals surface area contributed by atoms with Crippen molar-refractivity contribution in [2.45, 2.75) is 38.0 Å². The van der Waals surface area contributed by atoms with Crippen LogP contribution < -0.4 is 10.1 Å². The van der Waals surface area contributed by atoms with Crippen molar-refractivity contribution in [1.29, 1.82) is 0 Å². The van der Waals surface area contributed by atoms with Crippen LogP contribution in [0.2, 0.25) is 5.02 Å². The van der Waals surface area contributed by atoms with Gasteiger partial charge in [0, 0.05) is 25.8 Å². The zero-order valence-corrected chi connectivity index (χ0v) is 23.0. The van der Waals surface area contributed by atoms with Gasteiger partial charge in [-0.15, -0.1) is 0 Å². The Hall–Kier alpha value is -2.13. The van der Waals surface area contributed by atoms with E-state index in [0.717, 1.165) is 37.0 Å². The molecular formula is C26H30BrClN2O4S. The van der Waals surface area contributed by atoms with Crippen LogP contribution in [0.25, 0.3) is 11.1 Å². The Bertz CT molecular complexity index is 1240. The summed E-state index contributed by atoms with van der Waals surface area (Å²) in [4.78, 5) is 4.67. The Morgan fingerprint density at radius 2 is 1.77 bits per heavy atom. The number of nitrogens with one attached hydrogen (secondary N) is 1. The third kappa shape index (κ3) is 7.93. The van der Waals surface area contributed by atoms with Crippen LogP contribution in [0.5, 0.6) is 5.75 Å². The van der Waals surface area contributed by atoms with E-state index in [0.29, 0.717) is 44.9 Å². The molecule has 0 amide bonds. The van der Waals surface area contributed by atoms with Gasteiger partial charge in [0.2, 0.25) is 0 Å². The third-order valence-electron chi connectivity index (χ3n) is 5.28. The number of rotatable bonds is 13. The minimum atomic E-state index is -3.31. The smallest absolute Gasteiger partial charge is 0.178 e. The zero-order chi connectivity index (χ0) is 25.3. The minimum Gasteiger partial charge on any atom is -0.491 e. The maximum absolute atomic E-state index is 12.4. The van der Waals surface area contributed by atoms with Crippen LogP contribution in [0.3, 0.4) is 0 Å². The number of nitrogens with zero attached hydrogens (tertiary/aromatic N) is 1. The lowest BCUT2D eigenvalue weighted by molar-refractivity contribution is 0.117. The average Bonchev–Trinajstić information content (AvgIpc) is 2.86. The van der Waals surface area contributed by atoms with Gasteiger partial charge in [-0.2, -0.15) is 0 Å². The topological polar surface area (TPSA) is 77.5 Å². The summed E-state index contributed by atoms with van der Waals surface area (Å²) in [6.45, 7) is 5.68. The zero-order valence-electron chi connectivity index (χ0n) is 19.9. The van der Waals surface area contributed by atoms with E-state index < -0.39 is 9.84 Å². The predicted octanol–water partition coefficient (Wildman–Crippen LogP) is 7.29. The Balaban J connectivity index is 1.86. The molecule has 3 aromatic rings. The summed E-state index contributed by atoms with van der Waals surface area (Å²) in [6, 6.07) is 14.4. The molecule has 0 spiro atoms. The van der Waals surface area contributed by atoms with Crippen LogP contribution in [0.4, 0.5) is 11.5 Å². The van der Waals surface area contributed by atoms with Gasteiger partial charge >= 0.3 is 0 Å². The van der Waals surface area contributed by atoms with Gasteiger partial charge in [0.15, 0.2) is 9.84 Å². The molecule has 0 aliphatic rings. The van der Waals surface area contributed by atoms with Gasteiger partial charge in [-0.05, 0) is 63.8 Å². The Labute approximate surface area is 221 Å². The van der Waals surface area contributed by atoms with Crippen LogP contribution >= 0.6 is 27.5 Å². The summed E-state index contributed by atoms with van der Waals surface area (Å²) in [5, 5.41) is 3.83. The molecule has 1 N–H and O–H groups in total. The summed E-state index contributed by atoms with van der Waals surface area (Å²) in [5.74, 6) is 1.29. The molecular weight excluding hydrogens is 552 g/mol. The molecule has 0 aliphatic carbocycles. The second-order valence-electron chi connectivity index (χ2n) is 7.92. The second-order valence-corrected chi connectivity index (χ2v) is 11.5. The predicted molar refractivity (Wildman–Crippen MR) is 146 cm³/mol. The lowest BCUT2D eigenvalue weighted by Crippen LogP contribution is -2.06. The second kappa shape index (κ2) is 13.3. The largest absolute Gasteiger partial charge is 0.491 e. The molecule has 0 radical (unpaired) electrons. The molecule has 1 heterocycles. The molecule has 0 atom stereocenters. The number of unbranched alkanes of at least 4 members (excludes halogenated alkanes) is 1. The van der Waals surface area contributed by atoms with Crippen LogP contribution in [-0.2, 0) is 14.6 Å². The maximum atomic E-state index is 12.4. The van der Waals surface area contributed by atoms with Crippen molar-refractivity contribution in [2.75, 3.05) is 30.9 Å². The van der Waals surface area contributed by atoms with Crippen molar-refractivity contribution >= 4 is 48.9 Å². The van der Waals surface area contributed by atoms with Crippen molar-refractivity contribution in [3.63, 3.8) is 0 Å². The van der Waals surface area contributed by atoms with E-state index >= 15 is 0 Å². The number of hydrogen-bond donors (Lipinski definition) is 1. The molecule has 0 unspecified atom stereocenters. The van der Waals surface area contributed by atoms with Gasteiger partial charge < -0.3 is 14.8 Å². The molecule has 3 rings (SSSR count). The molecule has 9 heteroatoms. The molecule has 35 heavy (non-hydrogen) atoms. The van der Waals surface area contributed by atoms with Crippen molar-refractivity contribution in [1.82, 2.24) is 4.98 Å². The van der Waals surface area contributed by atoms with Crippen molar-refractivity contribution in [3.05, 3.63) is 64.2 Å². The lowest BCUT2D eigenvalue weighted by Gasteiger charge is -2.16. The monoisotopic (exact) mass is 580 g/mol. The van der Waals surface area contributed by atoms with Crippen molar-refractivity contribution in [3.8, 4) is 16.9 Å².